The summed E-state index contributed by atoms with van der Waals surface area (Å²) >= 11 is 1.59. The van der Waals surface area contributed by atoms with Crippen molar-refractivity contribution in [3.63, 3.8) is 0 Å². The third-order valence-corrected chi connectivity index (χ3v) is 5.28. The molecule has 1 N–H and O–H groups in total. The van der Waals surface area contributed by atoms with Gasteiger partial charge in [0.25, 0.3) is 5.91 Å². The molecule has 2 unspecified atom stereocenters. The number of hydrogen-bond acceptors (Lipinski definition) is 5. The number of carbonyl (C=O) groups is 2. The summed E-state index contributed by atoms with van der Waals surface area (Å²) in [5.41, 5.74) is 0.954. The molecule has 0 fully saturated rings. The fourth-order valence-corrected chi connectivity index (χ4v) is 3.71. The van der Waals surface area contributed by atoms with Crippen LogP contribution in [-0.2, 0) is 14.3 Å². The van der Waals surface area contributed by atoms with E-state index >= 15 is 0 Å². The van der Waals surface area contributed by atoms with Gasteiger partial charge in [0, 0.05) is 22.6 Å². The third kappa shape index (κ3) is 5.50. The highest BCUT2D eigenvalue weighted by Gasteiger charge is 2.26. The predicted octanol–water partition coefficient (Wildman–Crippen LogP) is 3.74. The zero-order valence-corrected chi connectivity index (χ0v) is 16.0. The molecule has 0 aliphatic carbocycles. The van der Waals surface area contributed by atoms with Gasteiger partial charge < -0.3 is 14.8 Å². The molecule has 2 aromatic rings. The van der Waals surface area contributed by atoms with Gasteiger partial charge in [-0.25, -0.2) is 0 Å². The summed E-state index contributed by atoms with van der Waals surface area (Å²) in [7, 11) is 0. The zero-order chi connectivity index (χ0) is 19.1. The van der Waals surface area contributed by atoms with Gasteiger partial charge in [-0.3, -0.25) is 9.59 Å². The minimum atomic E-state index is -0.825. The average molecular weight is 385 g/mol. The molecular formula is C21H23NO4S. The fraction of sp³-hybridized carbons (Fsp3) is 0.333. The molecule has 27 heavy (non-hydrogen) atoms. The number of benzene rings is 2. The van der Waals surface area contributed by atoms with Crippen molar-refractivity contribution in [3.05, 3.63) is 60.2 Å². The second-order valence-electron chi connectivity index (χ2n) is 6.28. The number of amides is 1. The van der Waals surface area contributed by atoms with Crippen LogP contribution in [-0.4, -0.2) is 30.3 Å². The van der Waals surface area contributed by atoms with Crippen molar-refractivity contribution >= 4 is 23.6 Å². The van der Waals surface area contributed by atoms with Crippen LogP contribution < -0.4 is 10.1 Å². The maximum absolute atomic E-state index is 12.4. The fourth-order valence-electron chi connectivity index (χ4n) is 2.86. The number of rotatable bonds is 7. The SMILES string of the molecule is CC(OC(=O)CCSc1ccccc1)C(=O)NC1CCOc2ccccc21. The second kappa shape index (κ2) is 9.46. The second-order valence-corrected chi connectivity index (χ2v) is 7.45. The van der Waals surface area contributed by atoms with Gasteiger partial charge >= 0.3 is 5.97 Å². The molecule has 0 saturated heterocycles. The lowest BCUT2D eigenvalue weighted by atomic mass is 10.0. The average Bonchev–Trinajstić information content (AvgIpc) is 2.69. The lowest BCUT2D eigenvalue weighted by Crippen LogP contribution is -2.39. The number of hydrogen-bond donors (Lipinski definition) is 1. The molecule has 1 aliphatic rings. The molecule has 0 radical (unpaired) electrons. The van der Waals surface area contributed by atoms with Crippen LogP contribution in [0.3, 0.4) is 0 Å². The number of nitrogens with one attached hydrogen (secondary N) is 1. The van der Waals surface area contributed by atoms with Crippen LogP contribution in [0.15, 0.2) is 59.5 Å². The highest BCUT2D eigenvalue weighted by molar-refractivity contribution is 7.99. The Morgan fingerprint density at radius 3 is 2.74 bits per heavy atom. The molecular weight excluding hydrogens is 362 g/mol. The molecule has 3 rings (SSSR count). The molecule has 6 heteroatoms. The van der Waals surface area contributed by atoms with Gasteiger partial charge in [0.1, 0.15) is 5.75 Å². The van der Waals surface area contributed by atoms with Gasteiger partial charge in [-0.1, -0.05) is 36.4 Å². The lowest BCUT2D eigenvalue weighted by Gasteiger charge is -2.27. The first-order valence-corrected chi connectivity index (χ1v) is 10.0. The van der Waals surface area contributed by atoms with E-state index in [1.807, 2.05) is 54.6 Å². The van der Waals surface area contributed by atoms with Crippen molar-refractivity contribution < 1.29 is 19.1 Å². The quantitative estimate of drug-likeness (QED) is 0.581. The number of ether oxygens (including phenoxy) is 2. The van der Waals surface area contributed by atoms with Crippen LogP contribution in [0.1, 0.15) is 31.4 Å². The first-order chi connectivity index (χ1) is 13.1. The van der Waals surface area contributed by atoms with Crippen LogP contribution in [0, 0.1) is 0 Å². The summed E-state index contributed by atoms with van der Waals surface area (Å²) in [6.45, 7) is 2.15. The topological polar surface area (TPSA) is 64.6 Å². The monoisotopic (exact) mass is 385 g/mol. The Morgan fingerprint density at radius 2 is 1.93 bits per heavy atom. The number of para-hydroxylation sites is 1. The Bertz CT molecular complexity index is 781. The van der Waals surface area contributed by atoms with E-state index in [9.17, 15) is 9.59 Å². The molecule has 0 aromatic heterocycles. The molecule has 2 atom stereocenters. The van der Waals surface area contributed by atoms with Gasteiger partial charge in [0.2, 0.25) is 0 Å². The van der Waals surface area contributed by atoms with E-state index in [1.54, 1.807) is 18.7 Å². The van der Waals surface area contributed by atoms with E-state index in [0.29, 0.717) is 18.8 Å². The molecule has 0 saturated carbocycles. The Kier molecular flexibility index (Phi) is 6.76. The van der Waals surface area contributed by atoms with Crippen molar-refractivity contribution in [1.82, 2.24) is 5.32 Å². The minimum absolute atomic E-state index is 0.128. The van der Waals surface area contributed by atoms with E-state index in [4.69, 9.17) is 9.47 Å². The first-order valence-electron chi connectivity index (χ1n) is 9.03. The number of fused-ring (bicyclic) bond motifs is 1. The van der Waals surface area contributed by atoms with Crippen LogP contribution in [0.2, 0.25) is 0 Å². The summed E-state index contributed by atoms with van der Waals surface area (Å²) in [6, 6.07) is 17.4. The number of esters is 1. The molecule has 1 aliphatic heterocycles. The van der Waals surface area contributed by atoms with Crippen molar-refractivity contribution in [1.29, 1.82) is 0 Å². The van der Waals surface area contributed by atoms with Crippen molar-refractivity contribution in [2.24, 2.45) is 0 Å². The first kappa shape index (κ1) is 19.3. The Labute approximate surface area is 163 Å². The van der Waals surface area contributed by atoms with Gasteiger partial charge in [0.05, 0.1) is 19.1 Å². The predicted molar refractivity (Wildman–Crippen MR) is 105 cm³/mol. The third-order valence-electron chi connectivity index (χ3n) is 4.27. The molecule has 1 heterocycles. The Hall–Kier alpha value is -2.47. The maximum atomic E-state index is 12.4. The van der Waals surface area contributed by atoms with E-state index in [-0.39, 0.29) is 24.3 Å². The van der Waals surface area contributed by atoms with Crippen molar-refractivity contribution in [2.45, 2.75) is 36.8 Å². The molecule has 1 amide bonds. The van der Waals surface area contributed by atoms with E-state index in [0.717, 1.165) is 16.2 Å². The van der Waals surface area contributed by atoms with Gasteiger partial charge in [-0.2, -0.15) is 0 Å². The van der Waals surface area contributed by atoms with Crippen LogP contribution in [0.5, 0.6) is 5.75 Å². The summed E-state index contributed by atoms with van der Waals surface area (Å²) in [5, 5.41) is 2.96. The minimum Gasteiger partial charge on any atom is -0.493 e. The summed E-state index contributed by atoms with van der Waals surface area (Å²) < 4.78 is 10.9. The van der Waals surface area contributed by atoms with Gasteiger partial charge in [-0.15, -0.1) is 11.8 Å². The van der Waals surface area contributed by atoms with E-state index in [1.165, 1.54) is 0 Å². The van der Waals surface area contributed by atoms with Gasteiger partial charge in [0.15, 0.2) is 6.10 Å². The maximum Gasteiger partial charge on any atom is 0.307 e. The molecule has 0 spiro atoms. The highest BCUT2D eigenvalue weighted by Crippen LogP contribution is 2.31. The number of thioether (sulfide) groups is 1. The standard InChI is InChI=1S/C21H23NO4S/c1-15(26-20(23)12-14-27-16-7-3-2-4-8-16)21(24)22-18-11-13-25-19-10-6-5-9-17(18)19/h2-10,15,18H,11-14H2,1H3,(H,22,24). The molecule has 142 valence electrons. The molecule has 0 bridgehead atoms. The summed E-state index contributed by atoms with van der Waals surface area (Å²) in [4.78, 5) is 25.5. The Balaban J connectivity index is 1.44. The largest absolute Gasteiger partial charge is 0.493 e. The summed E-state index contributed by atoms with van der Waals surface area (Å²) in [6.07, 6.45) is 0.128. The highest BCUT2D eigenvalue weighted by atomic mass is 32.2. The summed E-state index contributed by atoms with van der Waals surface area (Å²) in [5.74, 6) is 0.746. The Morgan fingerprint density at radius 1 is 1.19 bits per heavy atom. The van der Waals surface area contributed by atoms with Gasteiger partial charge in [-0.05, 0) is 25.1 Å². The zero-order valence-electron chi connectivity index (χ0n) is 15.2. The van der Waals surface area contributed by atoms with Crippen molar-refractivity contribution in [3.8, 4) is 5.75 Å². The van der Waals surface area contributed by atoms with E-state index in [2.05, 4.69) is 5.32 Å². The van der Waals surface area contributed by atoms with Crippen LogP contribution in [0.25, 0.3) is 0 Å². The van der Waals surface area contributed by atoms with Crippen LogP contribution in [0.4, 0.5) is 0 Å². The normalized spacial score (nSPS) is 16.6. The van der Waals surface area contributed by atoms with E-state index < -0.39 is 6.10 Å². The van der Waals surface area contributed by atoms with Crippen LogP contribution >= 0.6 is 11.8 Å². The molecule has 5 nitrogen and oxygen atoms in total. The smallest absolute Gasteiger partial charge is 0.307 e. The molecule has 2 aromatic carbocycles. The van der Waals surface area contributed by atoms with Crippen molar-refractivity contribution in [2.75, 3.05) is 12.4 Å². The number of carbonyl (C=O) groups excluding carboxylic acids is 2. The lowest BCUT2D eigenvalue weighted by molar-refractivity contribution is -0.154.